The number of rotatable bonds is 4. The number of anilines is 1. The van der Waals surface area contributed by atoms with Crippen molar-refractivity contribution in [1.29, 1.82) is 0 Å². The van der Waals surface area contributed by atoms with Gasteiger partial charge in [-0.15, -0.1) is 0 Å². The van der Waals surface area contributed by atoms with E-state index in [9.17, 15) is 14.7 Å². The van der Waals surface area contributed by atoms with E-state index < -0.39 is 6.04 Å². The first kappa shape index (κ1) is 18.0. The van der Waals surface area contributed by atoms with Gasteiger partial charge in [-0.05, 0) is 54.8 Å². The number of benzene rings is 3. The van der Waals surface area contributed by atoms with Crippen molar-refractivity contribution < 1.29 is 14.7 Å². The summed E-state index contributed by atoms with van der Waals surface area (Å²) in [5.41, 5.74) is 4.12. The Balaban J connectivity index is 1.87. The van der Waals surface area contributed by atoms with Crippen molar-refractivity contribution in [2.45, 2.75) is 26.3 Å². The van der Waals surface area contributed by atoms with Crippen LogP contribution >= 0.6 is 0 Å². The Labute approximate surface area is 164 Å². The Morgan fingerprint density at radius 2 is 1.75 bits per heavy atom. The molecule has 1 heterocycles. The Hall–Kier alpha value is -3.40. The Kier molecular flexibility index (Phi) is 4.47. The van der Waals surface area contributed by atoms with E-state index >= 15 is 0 Å². The summed E-state index contributed by atoms with van der Waals surface area (Å²) in [5.74, 6) is -0.557. The van der Waals surface area contributed by atoms with Crippen LogP contribution in [0.2, 0.25) is 0 Å². The smallest absolute Gasteiger partial charge is 0.259 e. The van der Waals surface area contributed by atoms with E-state index in [0.29, 0.717) is 16.8 Å². The lowest BCUT2D eigenvalue weighted by Gasteiger charge is -2.25. The van der Waals surface area contributed by atoms with Crippen molar-refractivity contribution in [2.75, 3.05) is 4.90 Å². The van der Waals surface area contributed by atoms with Crippen LogP contribution < -0.4 is 4.90 Å². The minimum absolute atomic E-state index is 0.0668. The first-order valence-electron chi connectivity index (χ1n) is 9.36. The van der Waals surface area contributed by atoms with Gasteiger partial charge in [0.25, 0.3) is 5.91 Å². The lowest BCUT2D eigenvalue weighted by atomic mass is 9.94. The van der Waals surface area contributed by atoms with E-state index in [4.69, 9.17) is 0 Å². The summed E-state index contributed by atoms with van der Waals surface area (Å²) in [6.07, 6.45) is 0.752. The molecule has 4 heteroatoms. The maximum absolute atomic E-state index is 13.5. The number of fused-ring (bicyclic) bond motifs is 1. The molecule has 1 aliphatic heterocycles. The SMILES string of the molecule is CCc1ccc(O)c(C(=O)[C@H]2c3ccccc3C(=O)N2c2ccc(C)cc2)c1. The minimum atomic E-state index is -0.801. The predicted molar refractivity (Wildman–Crippen MR) is 109 cm³/mol. The molecule has 3 aromatic carbocycles. The van der Waals surface area contributed by atoms with Gasteiger partial charge in [0, 0.05) is 11.3 Å². The Bertz CT molecular complexity index is 1070. The second-order valence-electron chi connectivity index (χ2n) is 7.07. The molecule has 1 N–H and O–H groups in total. The van der Waals surface area contributed by atoms with E-state index in [-0.39, 0.29) is 23.0 Å². The molecule has 0 saturated carbocycles. The Morgan fingerprint density at radius 1 is 1.04 bits per heavy atom. The normalized spacial score (nSPS) is 15.6. The van der Waals surface area contributed by atoms with E-state index in [0.717, 1.165) is 17.5 Å². The molecule has 140 valence electrons. The first-order valence-corrected chi connectivity index (χ1v) is 9.36. The summed E-state index contributed by atoms with van der Waals surface area (Å²) in [6, 6.07) is 19.0. The van der Waals surface area contributed by atoms with Crippen LogP contribution in [0.3, 0.4) is 0 Å². The number of carbonyl (C=O) groups is 2. The number of amides is 1. The molecule has 0 bridgehead atoms. The highest BCUT2D eigenvalue weighted by molar-refractivity contribution is 6.19. The number of carbonyl (C=O) groups excluding carboxylic acids is 2. The van der Waals surface area contributed by atoms with Gasteiger partial charge in [0.05, 0.1) is 5.56 Å². The van der Waals surface area contributed by atoms with Gasteiger partial charge in [-0.3, -0.25) is 14.5 Å². The number of ketones is 1. The van der Waals surface area contributed by atoms with Crippen molar-refractivity contribution >= 4 is 17.4 Å². The van der Waals surface area contributed by atoms with Crippen LogP contribution in [0.15, 0.2) is 66.7 Å². The topological polar surface area (TPSA) is 57.6 Å². The minimum Gasteiger partial charge on any atom is -0.507 e. The lowest BCUT2D eigenvalue weighted by Crippen LogP contribution is -2.32. The summed E-state index contributed by atoms with van der Waals surface area (Å²) in [5, 5.41) is 10.3. The number of hydrogen-bond donors (Lipinski definition) is 1. The van der Waals surface area contributed by atoms with Crippen LogP contribution in [0.1, 0.15) is 50.4 Å². The number of phenolic OH excluding ortho intramolecular Hbond substituents is 1. The molecule has 0 saturated heterocycles. The fourth-order valence-electron chi connectivity index (χ4n) is 3.69. The first-order chi connectivity index (χ1) is 13.5. The monoisotopic (exact) mass is 371 g/mol. The zero-order chi connectivity index (χ0) is 19.8. The number of aromatic hydroxyl groups is 1. The van der Waals surface area contributed by atoms with Gasteiger partial charge in [-0.2, -0.15) is 0 Å². The molecule has 0 spiro atoms. The van der Waals surface area contributed by atoms with Crippen molar-refractivity contribution in [3.8, 4) is 5.75 Å². The molecular weight excluding hydrogens is 350 g/mol. The quantitative estimate of drug-likeness (QED) is 0.667. The zero-order valence-electron chi connectivity index (χ0n) is 15.8. The standard InChI is InChI=1S/C24H21NO3/c1-3-16-10-13-21(26)20(14-16)23(27)22-18-6-4-5-7-19(18)24(28)25(22)17-11-8-15(2)9-12-17/h4-14,22,26H,3H2,1-2H3/t22-/m1/s1. The van der Waals surface area contributed by atoms with Crippen LogP contribution in [0.4, 0.5) is 5.69 Å². The molecule has 0 radical (unpaired) electrons. The maximum atomic E-state index is 13.5. The zero-order valence-corrected chi connectivity index (χ0v) is 15.8. The number of Topliss-reactive ketones (excluding diaryl/α,β-unsaturated/α-hetero) is 1. The second kappa shape index (κ2) is 6.97. The third-order valence-electron chi connectivity index (χ3n) is 5.26. The molecule has 4 nitrogen and oxygen atoms in total. The summed E-state index contributed by atoms with van der Waals surface area (Å²) in [6.45, 7) is 3.97. The summed E-state index contributed by atoms with van der Waals surface area (Å²) >= 11 is 0. The van der Waals surface area contributed by atoms with Crippen molar-refractivity contribution in [1.82, 2.24) is 0 Å². The van der Waals surface area contributed by atoms with Crippen LogP contribution in [0.25, 0.3) is 0 Å². The third-order valence-corrected chi connectivity index (χ3v) is 5.26. The van der Waals surface area contributed by atoms with Crippen molar-refractivity contribution in [2.24, 2.45) is 0 Å². The highest BCUT2D eigenvalue weighted by Crippen LogP contribution is 2.40. The van der Waals surface area contributed by atoms with E-state index in [2.05, 4.69) is 0 Å². The largest absolute Gasteiger partial charge is 0.507 e. The van der Waals surface area contributed by atoms with Gasteiger partial charge >= 0.3 is 0 Å². The fourth-order valence-corrected chi connectivity index (χ4v) is 3.69. The van der Waals surface area contributed by atoms with Crippen molar-refractivity contribution in [3.05, 3.63) is 94.5 Å². The van der Waals surface area contributed by atoms with E-state index in [1.165, 1.54) is 4.90 Å². The van der Waals surface area contributed by atoms with E-state index in [1.807, 2.05) is 50.2 Å². The molecule has 1 amide bonds. The molecule has 3 aromatic rings. The summed E-state index contributed by atoms with van der Waals surface area (Å²) < 4.78 is 0. The molecule has 0 unspecified atom stereocenters. The third kappa shape index (κ3) is 2.87. The summed E-state index contributed by atoms with van der Waals surface area (Å²) in [4.78, 5) is 28.2. The van der Waals surface area contributed by atoms with Gasteiger partial charge in [-0.1, -0.05) is 48.9 Å². The molecule has 0 aromatic heterocycles. The molecule has 1 atom stereocenters. The lowest BCUT2D eigenvalue weighted by molar-refractivity contribution is 0.0914. The molecule has 0 fully saturated rings. The number of phenols is 1. The van der Waals surface area contributed by atoms with Crippen LogP contribution in [-0.4, -0.2) is 16.8 Å². The van der Waals surface area contributed by atoms with Gasteiger partial charge in [0.2, 0.25) is 0 Å². The number of nitrogens with zero attached hydrogens (tertiary/aromatic N) is 1. The molecular formula is C24H21NO3. The highest BCUT2D eigenvalue weighted by Gasteiger charge is 2.42. The van der Waals surface area contributed by atoms with Crippen LogP contribution in [0.5, 0.6) is 5.75 Å². The highest BCUT2D eigenvalue weighted by atomic mass is 16.3. The van der Waals surface area contributed by atoms with Crippen LogP contribution in [0, 0.1) is 6.92 Å². The van der Waals surface area contributed by atoms with Gasteiger partial charge in [0.1, 0.15) is 11.8 Å². The molecule has 28 heavy (non-hydrogen) atoms. The van der Waals surface area contributed by atoms with Gasteiger partial charge in [0.15, 0.2) is 5.78 Å². The fraction of sp³-hybridized carbons (Fsp3) is 0.167. The Morgan fingerprint density at radius 3 is 2.46 bits per heavy atom. The van der Waals surface area contributed by atoms with E-state index in [1.54, 1.807) is 30.3 Å². The number of aryl methyl sites for hydroxylation is 2. The van der Waals surface area contributed by atoms with Crippen molar-refractivity contribution in [3.63, 3.8) is 0 Å². The average Bonchev–Trinajstić information content (AvgIpc) is 3.01. The summed E-state index contributed by atoms with van der Waals surface area (Å²) in [7, 11) is 0. The number of hydrogen-bond acceptors (Lipinski definition) is 3. The molecule has 1 aliphatic rings. The second-order valence-corrected chi connectivity index (χ2v) is 7.07. The van der Waals surface area contributed by atoms with Crippen LogP contribution in [-0.2, 0) is 6.42 Å². The molecule has 4 rings (SSSR count). The average molecular weight is 371 g/mol. The maximum Gasteiger partial charge on any atom is 0.259 e. The van der Waals surface area contributed by atoms with Gasteiger partial charge in [-0.25, -0.2) is 0 Å². The predicted octanol–water partition coefficient (Wildman–Crippen LogP) is 4.85. The molecule has 0 aliphatic carbocycles. The van der Waals surface area contributed by atoms with Gasteiger partial charge < -0.3 is 5.11 Å².